The van der Waals surface area contributed by atoms with Crippen LogP contribution in [0.5, 0.6) is 0 Å². The average molecular weight is 194 g/mol. The van der Waals surface area contributed by atoms with Crippen LogP contribution in [0.25, 0.3) is 0 Å². The van der Waals surface area contributed by atoms with Crippen molar-refractivity contribution in [2.24, 2.45) is 5.41 Å². The molecule has 1 aliphatic heterocycles. The van der Waals surface area contributed by atoms with Crippen LogP contribution in [0, 0.1) is 5.41 Å². The predicted octanol–water partition coefficient (Wildman–Crippen LogP) is 2.83. The lowest BCUT2D eigenvalue weighted by molar-refractivity contribution is -0.146. The topological polar surface area (TPSA) is 26.3 Å². The van der Waals surface area contributed by atoms with Gasteiger partial charge in [0.2, 0.25) is 0 Å². The first-order valence-corrected chi connectivity index (χ1v) is 5.49. The van der Waals surface area contributed by atoms with Crippen LogP contribution in [0.1, 0.15) is 46.0 Å². The van der Waals surface area contributed by atoms with Crippen molar-refractivity contribution in [2.45, 2.75) is 52.1 Å². The molecule has 2 heteroatoms. The third-order valence-corrected chi connectivity index (χ3v) is 3.24. The summed E-state index contributed by atoms with van der Waals surface area (Å²) in [6.07, 6.45) is 8.02. The predicted molar refractivity (Wildman–Crippen MR) is 54.8 cm³/mol. The molecule has 1 fully saturated rings. The fourth-order valence-electron chi connectivity index (χ4n) is 2.24. The second-order valence-corrected chi connectivity index (χ2v) is 5.01. The normalized spacial score (nSPS) is 31.1. The van der Waals surface area contributed by atoms with E-state index in [-0.39, 0.29) is 17.5 Å². The van der Waals surface area contributed by atoms with Crippen LogP contribution in [0.4, 0.5) is 0 Å². The van der Waals surface area contributed by atoms with Gasteiger partial charge in [0.05, 0.1) is 5.41 Å². The van der Waals surface area contributed by atoms with Gasteiger partial charge in [-0.1, -0.05) is 6.08 Å². The quantitative estimate of drug-likeness (QED) is 0.474. The van der Waals surface area contributed by atoms with E-state index in [4.69, 9.17) is 4.74 Å². The van der Waals surface area contributed by atoms with Crippen LogP contribution in [-0.2, 0) is 9.53 Å². The van der Waals surface area contributed by atoms with Crippen LogP contribution in [-0.4, -0.2) is 12.1 Å². The van der Waals surface area contributed by atoms with Crippen LogP contribution in [0.2, 0.25) is 0 Å². The van der Waals surface area contributed by atoms with Crippen molar-refractivity contribution >= 4 is 5.97 Å². The monoisotopic (exact) mass is 194 g/mol. The molecule has 2 rings (SSSR count). The number of rotatable bonds is 1. The fraction of sp³-hybridized carbons (Fsp3) is 0.750. The van der Waals surface area contributed by atoms with E-state index in [1.54, 1.807) is 0 Å². The van der Waals surface area contributed by atoms with Crippen molar-refractivity contribution in [3.8, 4) is 0 Å². The number of allylic oxidation sites excluding steroid dienone is 1. The Labute approximate surface area is 85.3 Å². The first-order chi connectivity index (χ1) is 6.59. The van der Waals surface area contributed by atoms with E-state index in [9.17, 15) is 4.79 Å². The van der Waals surface area contributed by atoms with E-state index in [0.717, 1.165) is 19.3 Å². The van der Waals surface area contributed by atoms with Gasteiger partial charge in [-0.3, -0.25) is 4.79 Å². The Balaban J connectivity index is 2.08. The van der Waals surface area contributed by atoms with Crippen molar-refractivity contribution < 1.29 is 9.53 Å². The first kappa shape index (κ1) is 9.75. The summed E-state index contributed by atoms with van der Waals surface area (Å²) in [6.45, 7) is 3.94. The number of carbonyl (C=O) groups excluding carboxylic acids is 1. The van der Waals surface area contributed by atoms with E-state index < -0.39 is 0 Å². The van der Waals surface area contributed by atoms with Gasteiger partial charge in [0, 0.05) is 6.42 Å². The molecule has 0 spiro atoms. The molecule has 2 aliphatic rings. The molecule has 0 radical (unpaired) electrons. The Morgan fingerprint density at radius 2 is 2.21 bits per heavy atom. The summed E-state index contributed by atoms with van der Waals surface area (Å²) in [6, 6.07) is 0. The number of esters is 1. The summed E-state index contributed by atoms with van der Waals surface area (Å²) >= 11 is 0. The van der Waals surface area contributed by atoms with Gasteiger partial charge in [0.1, 0.15) is 6.10 Å². The summed E-state index contributed by atoms with van der Waals surface area (Å²) < 4.78 is 5.41. The second-order valence-electron chi connectivity index (χ2n) is 5.01. The van der Waals surface area contributed by atoms with Gasteiger partial charge in [0.15, 0.2) is 0 Å². The second kappa shape index (κ2) is 3.41. The van der Waals surface area contributed by atoms with Crippen molar-refractivity contribution in [1.29, 1.82) is 0 Å². The number of carbonyl (C=O) groups is 1. The molecule has 1 atom stereocenters. The zero-order chi connectivity index (χ0) is 10.2. The average Bonchev–Trinajstić information content (AvgIpc) is 2.43. The van der Waals surface area contributed by atoms with Crippen molar-refractivity contribution in [3.05, 3.63) is 11.6 Å². The summed E-state index contributed by atoms with van der Waals surface area (Å²) in [5.74, 6) is -0.0334. The molecule has 0 aromatic heterocycles. The minimum atomic E-state index is -0.275. The zero-order valence-corrected chi connectivity index (χ0v) is 9.01. The molecule has 0 aromatic rings. The highest BCUT2D eigenvalue weighted by Crippen LogP contribution is 2.38. The SMILES string of the molecule is CC1(C)CC(C2=CCCCC2)OC1=O. The van der Waals surface area contributed by atoms with E-state index in [0.29, 0.717) is 0 Å². The molecule has 78 valence electrons. The molecule has 0 saturated carbocycles. The first-order valence-electron chi connectivity index (χ1n) is 5.49. The molecular formula is C12H18O2. The zero-order valence-electron chi connectivity index (χ0n) is 9.01. The third kappa shape index (κ3) is 1.70. The highest BCUT2D eigenvalue weighted by molar-refractivity contribution is 5.78. The Kier molecular flexibility index (Phi) is 2.38. The Hall–Kier alpha value is -0.790. The van der Waals surface area contributed by atoms with Crippen molar-refractivity contribution in [3.63, 3.8) is 0 Å². The molecule has 1 unspecified atom stereocenters. The molecule has 14 heavy (non-hydrogen) atoms. The minimum absolute atomic E-state index is 0.0334. The highest BCUT2D eigenvalue weighted by atomic mass is 16.6. The highest BCUT2D eigenvalue weighted by Gasteiger charge is 2.42. The van der Waals surface area contributed by atoms with E-state index in [1.165, 1.54) is 18.4 Å². The molecule has 0 bridgehead atoms. The molecule has 1 saturated heterocycles. The summed E-state index contributed by atoms with van der Waals surface area (Å²) in [7, 11) is 0. The number of ether oxygens (including phenoxy) is 1. The fourth-order valence-corrected chi connectivity index (χ4v) is 2.24. The van der Waals surface area contributed by atoms with Gasteiger partial charge >= 0.3 is 5.97 Å². The van der Waals surface area contributed by atoms with Crippen LogP contribution in [0.15, 0.2) is 11.6 Å². The lowest BCUT2D eigenvalue weighted by atomic mass is 9.85. The van der Waals surface area contributed by atoms with E-state index in [1.807, 2.05) is 13.8 Å². The van der Waals surface area contributed by atoms with Gasteiger partial charge in [-0.05, 0) is 45.1 Å². The Bertz CT molecular complexity index is 276. The van der Waals surface area contributed by atoms with Crippen LogP contribution in [0.3, 0.4) is 0 Å². The largest absolute Gasteiger partial charge is 0.457 e. The van der Waals surface area contributed by atoms with E-state index in [2.05, 4.69) is 6.08 Å². The maximum Gasteiger partial charge on any atom is 0.312 e. The molecule has 2 nitrogen and oxygen atoms in total. The summed E-state index contributed by atoms with van der Waals surface area (Å²) in [5.41, 5.74) is 1.08. The molecule has 0 N–H and O–H groups in total. The van der Waals surface area contributed by atoms with Gasteiger partial charge in [-0.25, -0.2) is 0 Å². The molecule has 0 aromatic carbocycles. The van der Waals surface area contributed by atoms with E-state index >= 15 is 0 Å². The number of cyclic esters (lactones) is 1. The Morgan fingerprint density at radius 1 is 1.43 bits per heavy atom. The van der Waals surface area contributed by atoms with Crippen LogP contribution < -0.4 is 0 Å². The molecule has 0 amide bonds. The standard InChI is InChI=1S/C12H18O2/c1-12(2)8-10(14-11(12)13)9-6-4-3-5-7-9/h6,10H,3-5,7-8H2,1-2H3. The summed E-state index contributed by atoms with van der Waals surface area (Å²) in [4.78, 5) is 11.5. The maximum atomic E-state index is 11.5. The van der Waals surface area contributed by atoms with Gasteiger partial charge in [0.25, 0.3) is 0 Å². The van der Waals surface area contributed by atoms with Crippen molar-refractivity contribution in [1.82, 2.24) is 0 Å². The smallest absolute Gasteiger partial charge is 0.312 e. The molecule has 1 aliphatic carbocycles. The minimum Gasteiger partial charge on any atom is -0.457 e. The van der Waals surface area contributed by atoms with Gasteiger partial charge in [-0.2, -0.15) is 0 Å². The maximum absolute atomic E-state index is 11.5. The number of hydrogen-bond acceptors (Lipinski definition) is 2. The van der Waals surface area contributed by atoms with Crippen LogP contribution >= 0.6 is 0 Å². The summed E-state index contributed by atoms with van der Waals surface area (Å²) in [5, 5.41) is 0. The number of hydrogen-bond donors (Lipinski definition) is 0. The third-order valence-electron chi connectivity index (χ3n) is 3.24. The molecule has 1 heterocycles. The lowest BCUT2D eigenvalue weighted by Crippen LogP contribution is -2.16. The van der Waals surface area contributed by atoms with Gasteiger partial charge in [-0.15, -0.1) is 0 Å². The lowest BCUT2D eigenvalue weighted by Gasteiger charge is -2.18. The van der Waals surface area contributed by atoms with Gasteiger partial charge < -0.3 is 4.74 Å². The molecular weight excluding hydrogens is 176 g/mol. The Morgan fingerprint density at radius 3 is 2.71 bits per heavy atom. The van der Waals surface area contributed by atoms with Crippen molar-refractivity contribution in [2.75, 3.05) is 0 Å².